The van der Waals surface area contributed by atoms with Gasteiger partial charge in [-0.1, -0.05) is 82.6 Å². The molecule has 29 heavy (non-hydrogen) atoms. The molecule has 2 fully saturated rings. The number of rotatable bonds is 6. The van der Waals surface area contributed by atoms with Crippen LogP contribution in [0.1, 0.15) is 95.5 Å². The standard InChI is InChI=1S/C27H36F2/c1-2-3-19-4-6-20(7-5-19)8-9-21-10-12-22(13-11-21)23-14-16-25-24(18-23)15-17-26(28)27(25)29/h14-22H,2-13H2,1H3/t19-,20-,21-,22-. The summed E-state index contributed by atoms with van der Waals surface area (Å²) in [5.74, 6) is 1.99. The van der Waals surface area contributed by atoms with Gasteiger partial charge in [0.25, 0.3) is 0 Å². The Morgan fingerprint density at radius 1 is 0.724 bits per heavy atom. The molecule has 0 bridgehead atoms. The second kappa shape index (κ2) is 9.58. The lowest BCUT2D eigenvalue weighted by molar-refractivity contribution is 0.224. The van der Waals surface area contributed by atoms with Gasteiger partial charge in [-0.2, -0.15) is 0 Å². The van der Waals surface area contributed by atoms with Crippen molar-refractivity contribution in [2.45, 2.75) is 89.9 Å². The van der Waals surface area contributed by atoms with Gasteiger partial charge in [-0.3, -0.25) is 0 Å². The largest absolute Gasteiger partial charge is 0.204 e. The van der Waals surface area contributed by atoms with Crippen molar-refractivity contribution < 1.29 is 8.78 Å². The molecule has 0 aliphatic heterocycles. The molecule has 2 aliphatic rings. The molecule has 2 aromatic carbocycles. The lowest BCUT2D eigenvalue weighted by atomic mass is 9.74. The highest BCUT2D eigenvalue weighted by molar-refractivity contribution is 5.84. The third kappa shape index (κ3) is 5.01. The third-order valence-electron chi connectivity index (χ3n) is 7.90. The molecule has 0 saturated heterocycles. The summed E-state index contributed by atoms with van der Waals surface area (Å²) in [4.78, 5) is 0. The van der Waals surface area contributed by atoms with E-state index in [9.17, 15) is 8.78 Å². The normalized spacial score (nSPS) is 28.0. The van der Waals surface area contributed by atoms with Crippen LogP contribution in [0, 0.1) is 29.4 Å². The van der Waals surface area contributed by atoms with Crippen LogP contribution in [0.5, 0.6) is 0 Å². The first-order valence-electron chi connectivity index (χ1n) is 12.0. The van der Waals surface area contributed by atoms with Crippen LogP contribution in [0.25, 0.3) is 10.8 Å². The van der Waals surface area contributed by atoms with E-state index in [0.29, 0.717) is 11.3 Å². The van der Waals surface area contributed by atoms with Crippen molar-refractivity contribution in [1.29, 1.82) is 0 Å². The molecule has 2 heteroatoms. The molecular formula is C27H36F2. The van der Waals surface area contributed by atoms with Gasteiger partial charge in [0.1, 0.15) is 0 Å². The topological polar surface area (TPSA) is 0 Å². The van der Waals surface area contributed by atoms with Crippen LogP contribution in [0.15, 0.2) is 30.3 Å². The molecule has 158 valence electrons. The molecule has 0 heterocycles. The van der Waals surface area contributed by atoms with Crippen LogP contribution >= 0.6 is 0 Å². The number of benzene rings is 2. The van der Waals surface area contributed by atoms with Gasteiger partial charge in [0, 0.05) is 5.39 Å². The molecular weight excluding hydrogens is 362 g/mol. The summed E-state index contributed by atoms with van der Waals surface area (Å²) in [5.41, 5.74) is 1.30. The fourth-order valence-electron chi connectivity index (χ4n) is 6.01. The van der Waals surface area contributed by atoms with Crippen LogP contribution in [-0.4, -0.2) is 0 Å². The first-order chi connectivity index (χ1) is 14.1. The monoisotopic (exact) mass is 398 g/mol. The summed E-state index contributed by atoms with van der Waals surface area (Å²) < 4.78 is 27.4. The Morgan fingerprint density at radius 2 is 1.31 bits per heavy atom. The van der Waals surface area contributed by atoms with Crippen LogP contribution in [0.3, 0.4) is 0 Å². The van der Waals surface area contributed by atoms with E-state index in [2.05, 4.69) is 13.0 Å². The molecule has 2 aliphatic carbocycles. The van der Waals surface area contributed by atoms with Crippen LogP contribution in [-0.2, 0) is 0 Å². The molecule has 0 spiro atoms. The van der Waals surface area contributed by atoms with Gasteiger partial charge in [-0.25, -0.2) is 8.78 Å². The highest BCUT2D eigenvalue weighted by atomic mass is 19.2. The predicted octanol–water partition coefficient (Wildman–Crippen LogP) is 8.78. The van der Waals surface area contributed by atoms with E-state index in [1.54, 1.807) is 12.1 Å². The number of hydrogen-bond donors (Lipinski definition) is 0. The smallest absolute Gasteiger partial charge is 0.166 e. The van der Waals surface area contributed by atoms with Crippen molar-refractivity contribution >= 4 is 10.8 Å². The minimum atomic E-state index is -0.760. The van der Waals surface area contributed by atoms with E-state index >= 15 is 0 Å². The first-order valence-corrected chi connectivity index (χ1v) is 12.0. The minimum absolute atomic E-state index is 0.399. The summed E-state index contributed by atoms with van der Waals surface area (Å²) in [6.07, 6.45) is 16.6. The zero-order valence-corrected chi connectivity index (χ0v) is 17.9. The average Bonchev–Trinajstić information content (AvgIpc) is 2.76. The number of halogens is 2. The highest BCUT2D eigenvalue weighted by Gasteiger charge is 2.25. The van der Waals surface area contributed by atoms with Crippen LogP contribution in [0.4, 0.5) is 8.78 Å². The maximum Gasteiger partial charge on any atom is 0.166 e. The molecule has 0 nitrogen and oxygen atoms in total. The lowest BCUT2D eigenvalue weighted by Crippen LogP contribution is -2.17. The Hall–Kier alpha value is -1.44. The molecule has 2 aromatic rings. The van der Waals surface area contributed by atoms with Gasteiger partial charge >= 0.3 is 0 Å². The summed E-state index contributed by atoms with van der Waals surface area (Å²) in [5, 5.41) is 1.22. The van der Waals surface area contributed by atoms with Gasteiger partial charge in [0.15, 0.2) is 11.6 Å². The Morgan fingerprint density at radius 3 is 1.93 bits per heavy atom. The molecule has 4 rings (SSSR count). The van der Waals surface area contributed by atoms with Gasteiger partial charge in [0.2, 0.25) is 0 Å². The summed E-state index contributed by atoms with van der Waals surface area (Å²) >= 11 is 0. The lowest BCUT2D eigenvalue weighted by Gasteiger charge is -2.32. The van der Waals surface area contributed by atoms with E-state index in [1.807, 2.05) is 6.07 Å². The molecule has 0 N–H and O–H groups in total. The van der Waals surface area contributed by atoms with Gasteiger partial charge in [-0.05, 0) is 66.4 Å². The molecule has 0 radical (unpaired) electrons. The fraction of sp³-hybridized carbons (Fsp3) is 0.630. The van der Waals surface area contributed by atoms with Crippen molar-refractivity contribution in [2.75, 3.05) is 0 Å². The van der Waals surface area contributed by atoms with E-state index < -0.39 is 11.6 Å². The second-order valence-electron chi connectivity index (χ2n) is 9.81. The van der Waals surface area contributed by atoms with Crippen molar-refractivity contribution in [3.05, 3.63) is 47.5 Å². The summed E-state index contributed by atoms with van der Waals surface area (Å²) in [6, 6.07) is 8.82. The highest BCUT2D eigenvalue weighted by Crippen LogP contribution is 2.40. The zero-order valence-electron chi connectivity index (χ0n) is 17.9. The molecule has 2 saturated carbocycles. The van der Waals surface area contributed by atoms with E-state index in [4.69, 9.17) is 0 Å². The zero-order chi connectivity index (χ0) is 20.2. The molecule has 0 aromatic heterocycles. The van der Waals surface area contributed by atoms with Crippen LogP contribution in [0.2, 0.25) is 0 Å². The molecule has 0 unspecified atom stereocenters. The van der Waals surface area contributed by atoms with Crippen LogP contribution < -0.4 is 0 Å². The SMILES string of the molecule is CCC[C@H]1CC[C@H](CC[C@H]2CC[C@H](c3ccc4c(F)c(F)ccc4c3)CC2)CC1. The van der Waals surface area contributed by atoms with E-state index in [1.165, 1.54) is 88.7 Å². The number of fused-ring (bicyclic) bond motifs is 1. The maximum atomic E-state index is 13.9. The summed E-state index contributed by atoms with van der Waals surface area (Å²) in [6.45, 7) is 2.32. The van der Waals surface area contributed by atoms with E-state index in [-0.39, 0.29) is 0 Å². The number of hydrogen-bond acceptors (Lipinski definition) is 0. The Bertz CT molecular complexity index is 796. The Labute approximate surface area is 175 Å². The first kappa shape index (κ1) is 20.8. The van der Waals surface area contributed by atoms with Crippen molar-refractivity contribution in [3.8, 4) is 0 Å². The Balaban J connectivity index is 1.25. The average molecular weight is 399 g/mol. The summed E-state index contributed by atoms with van der Waals surface area (Å²) in [7, 11) is 0. The fourth-order valence-corrected chi connectivity index (χ4v) is 6.01. The minimum Gasteiger partial charge on any atom is -0.204 e. The quantitative estimate of drug-likeness (QED) is 0.456. The third-order valence-corrected chi connectivity index (χ3v) is 7.90. The van der Waals surface area contributed by atoms with Crippen molar-refractivity contribution in [2.24, 2.45) is 17.8 Å². The van der Waals surface area contributed by atoms with Gasteiger partial charge < -0.3 is 0 Å². The molecule has 0 atom stereocenters. The molecule has 0 amide bonds. The van der Waals surface area contributed by atoms with Crippen molar-refractivity contribution in [1.82, 2.24) is 0 Å². The maximum absolute atomic E-state index is 13.9. The van der Waals surface area contributed by atoms with Gasteiger partial charge in [-0.15, -0.1) is 0 Å². The van der Waals surface area contributed by atoms with E-state index in [0.717, 1.165) is 23.1 Å². The second-order valence-corrected chi connectivity index (χ2v) is 9.81. The Kier molecular flexibility index (Phi) is 6.88. The van der Waals surface area contributed by atoms with Gasteiger partial charge in [0.05, 0.1) is 0 Å². The van der Waals surface area contributed by atoms with Crippen molar-refractivity contribution in [3.63, 3.8) is 0 Å². The predicted molar refractivity (Wildman–Crippen MR) is 118 cm³/mol.